The van der Waals surface area contributed by atoms with Gasteiger partial charge >= 0.3 is 0 Å². The van der Waals surface area contributed by atoms with Gasteiger partial charge in [0.25, 0.3) is 5.91 Å². The number of carbonyl (C=O) groups is 1. The molecular formula is C20H28N6O. The maximum Gasteiger partial charge on any atom is 0.274 e. The van der Waals surface area contributed by atoms with Gasteiger partial charge in [0.1, 0.15) is 17.8 Å². The standard InChI is InChI=1S/C20H28N6O/c1-20(2,3)17-12-16(23-24-17)19(27)25-10-7-15(8-11-25)26(14-4-5-14)18-6-9-21-13-22-18/h6,9,12-15H,4-5,7-8,10-11H2,1-3H3,(H,23,24). The van der Waals surface area contributed by atoms with E-state index in [1.807, 2.05) is 17.0 Å². The van der Waals surface area contributed by atoms with Gasteiger partial charge in [0.05, 0.1) is 0 Å². The smallest absolute Gasteiger partial charge is 0.274 e. The molecule has 3 heterocycles. The van der Waals surface area contributed by atoms with Gasteiger partial charge in [0, 0.05) is 42.5 Å². The summed E-state index contributed by atoms with van der Waals surface area (Å²) in [6.07, 6.45) is 7.80. The first-order valence-corrected chi connectivity index (χ1v) is 9.83. The van der Waals surface area contributed by atoms with E-state index in [0.29, 0.717) is 17.8 Å². The second-order valence-corrected chi connectivity index (χ2v) is 8.65. The van der Waals surface area contributed by atoms with Crippen LogP contribution in [-0.2, 0) is 5.41 Å². The average Bonchev–Trinajstić information content (AvgIpc) is 3.35. The summed E-state index contributed by atoms with van der Waals surface area (Å²) in [7, 11) is 0. The number of carbonyl (C=O) groups excluding carboxylic acids is 1. The van der Waals surface area contributed by atoms with Crippen LogP contribution in [0.5, 0.6) is 0 Å². The number of piperidine rings is 1. The topological polar surface area (TPSA) is 78.0 Å². The Morgan fingerprint density at radius 1 is 1.19 bits per heavy atom. The van der Waals surface area contributed by atoms with Gasteiger partial charge in [0.15, 0.2) is 0 Å². The zero-order valence-electron chi connectivity index (χ0n) is 16.4. The molecular weight excluding hydrogens is 340 g/mol. The summed E-state index contributed by atoms with van der Waals surface area (Å²) in [6.45, 7) is 7.85. The Kier molecular flexibility index (Phi) is 4.61. The van der Waals surface area contributed by atoms with Gasteiger partial charge in [-0.05, 0) is 37.8 Å². The molecule has 0 radical (unpaired) electrons. The third-order valence-corrected chi connectivity index (χ3v) is 5.52. The molecule has 2 aromatic heterocycles. The monoisotopic (exact) mass is 368 g/mol. The van der Waals surface area contributed by atoms with Crippen LogP contribution in [0.4, 0.5) is 5.82 Å². The van der Waals surface area contributed by atoms with Crippen molar-refractivity contribution in [1.29, 1.82) is 0 Å². The highest BCUT2D eigenvalue weighted by molar-refractivity contribution is 5.92. The maximum atomic E-state index is 12.8. The molecule has 7 nitrogen and oxygen atoms in total. The summed E-state index contributed by atoms with van der Waals surface area (Å²) in [5.41, 5.74) is 1.47. The number of nitrogens with zero attached hydrogens (tertiary/aromatic N) is 5. The van der Waals surface area contributed by atoms with Crippen molar-refractivity contribution in [2.75, 3.05) is 18.0 Å². The van der Waals surface area contributed by atoms with E-state index in [1.165, 1.54) is 12.8 Å². The Labute approximate surface area is 160 Å². The van der Waals surface area contributed by atoms with Crippen molar-refractivity contribution in [2.24, 2.45) is 0 Å². The number of hydrogen-bond acceptors (Lipinski definition) is 5. The third kappa shape index (κ3) is 3.82. The molecule has 4 rings (SSSR count). The Balaban J connectivity index is 1.41. The molecule has 0 atom stereocenters. The van der Waals surface area contributed by atoms with Crippen molar-refractivity contribution in [2.45, 2.75) is 64.0 Å². The minimum absolute atomic E-state index is 0.0280. The molecule has 27 heavy (non-hydrogen) atoms. The number of likely N-dealkylation sites (tertiary alicyclic amines) is 1. The molecule has 0 bridgehead atoms. The molecule has 0 spiro atoms. The Hall–Kier alpha value is -2.44. The van der Waals surface area contributed by atoms with Crippen molar-refractivity contribution < 1.29 is 4.79 Å². The minimum Gasteiger partial charge on any atom is -0.350 e. The summed E-state index contributed by atoms with van der Waals surface area (Å²) in [4.78, 5) is 25.7. The van der Waals surface area contributed by atoms with Crippen LogP contribution in [0.3, 0.4) is 0 Å². The lowest BCUT2D eigenvalue weighted by molar-refractivity contribution is 0.0706. The number of aromatic amines is 1. The van der Waals surface area contributed by atoms with Gasteiger partial charge in [-0.1, -0.05) is 20.8 Å². The number of H-pyrrole nitrogens is 1. The normalized spacial score (nSPS) is 18.6. The first kappa shape index (κ1) is 17.9. The molecule has 1 N–H and O–H groups in total. The summed E-state index contributed by atoms with van der Waals surface area (Å²) in [6, 6.07) is 4.91. The van der Waals surface area contributed by atoms with E-state index in [4.69, 9.17) is 0 Å². The van der Waals surface area contributed by atoms with Crippen molar-refractivity contribution in [1.82, 2.24) is 25.1 Å². The predicted octanol–water partition coefficient (Wildman–Crippen LogP) is 2.77. The van der Waals surface area contributed by atoms with Crippen molar-refractivity contribution in [3.8, 4) is 0 Å². The maximum absolute atomic E-state index is 12.8. The zero-order chi connectivity index (χ0) is 19.0. The van der Waals surface area contributed by atoms with Gasteiger partial charge in [-0.15, -0.1) is 0 Å². The van der Waals surface area contributed by atoms with Crippen molar-refractivity contribution in [3.63, 3.8) is 0 Å². The van der Waals surface area contributed by atoms with Crippen LogP contribution < -0.4 is 4.90 Å². The number of anilines is 1. The van der Waals surface area contributed by atoms with Crippen molar-refractivity contribution >= 4 is 11.7 Å². The summed E-state index contributed by atoms with van der Waals surface area (Å²) in [5, 5.41) is 7.27. The molecule has 2 aliphatic rings. The van der Waals surface area contributed by atoms with Crippen LogP contribution in [-0.4, -0.2) is 56.1 Å². The fourth-order valence-electron chi connectivity index (χ4n) is 3.79. The molecule has 1 saturated carbocycles. The van der Waals surface area contributed by atoms with Gasteiger partial charge in [-0.25, -0.2) is 9.97 Å². The molecule has 7 heteroatoms. The van der Waals surface area contributed by atoms with Crippen LogP contribution in [0.15, 0.2) is 24.7 Å². The van der Waals surface area contributed by atoms with Gasteiger partial charge in [-0.3, -0.25) is 9.89 Å². The van der Waals surface area contributed by atoms with Crippen LogP contribution in [0.2, 0.25) is 0 Å². The Morgan fingerprint density at radius 3 is 2.44 bits per heavy atom. The number of hydrogen-bond donors (Lipinski definition) is 1. The SMILES string of the molecule is CC(C)(C)c1cc(C(=O)N2CCC(N(c3ccncn3)C3CC3)CC2)n[nH]1. The van der Waals surface area contributed by atoms with Crippen LogP contribution in [0.1, 0.15) is 62.6 Å². The largest absolute Gasteiger partial charge is 0.350 e. The van der Waals surface area contributed by atoms with Gasteiger partial charge in [-0.2, -0.15) is 5.10 Å². The van der Waals surface area contributed by atoms with E-state index in [9.17, 15) is 4.79 Å². The summed E-state index contributed by atoms with van der Waals surface area (Å²) < 4.78 is 0. The number of nitrogens with one attached hydrogen (secondary N) is 1. The molecule has 2 fully saturated rings. The van der Waals surface area contributed by atoms with Crippen LogP contribution >= 0.6 is 0 Å². The number of amides is 1. The van der Waals surface area contributed by atoms with E-state index in [-0.39, 0.29) is 11.3 Å². The highest BCUT2D eigenvalue weighted by Gasteiger charge is 2.37. The van der Waals surface area contributed by atoms with E-state index in [2.05, 4.69) is 45.8 Å². The minimum atomic E-state index is -0.0408. The fraction of sp³-hybridized carbons (Fsp3) is 0.600. The molecule has 0 unspecified atom stereocenters. The van der Waals surface area contributed by atoms with E-state index in [0.717, 1.165) is 37.4 Å². The third-order valence-electron chi connectivity index (χ3n) is 5.52. The molecule has 1 aliphatic heterocycles. The first-order chi connectivity index (χ1) is 12.9. The summed E-state index contributed by atoms with van der Waals surface area (Å²) in [5.74, 6) is 1.04. The van der Waals surface area contributed by atoms with Crippen LogP contribution in [0, 0.1) is 0 Å². The van der Waals surface area contributed by atoms with E-state index < -0.39 is 0 Å². The summed E-state index contributed by atoms with van der Waals surface area (Å²) >= 11 is 0. The molecule has 144 valence electrons. The highest BCUT2D eigenvalue weighted by atomic mass is 16.2. The fourth-order valence-corrected chi connectivity index (χ4v) is 3.79. The molecule has 1 aliphatic carbocycles. The van der Waals surface area contributed by atoms with Gasteiger partial charge < -0.3 is 9.80 Å². The highest BCUT2D eigenvalue weighted by Crippen LogP contribution is 2.35. The zero-order valence-corrected chi connectivity index (χ0v) is 16.4. The second kappa shape index (κ2) is 6.94. The quantitative estimate of drug-likeness (QED) is 0.898. The molecule has 0 aromatic carbocycles. The molecule has 1 amide bonds. The predicted molar refractivity (Wildman–Crippen MR) is 104 cm³/mol. The van der Waals surface area contributed by atoms with E-state index in [1.54, 1.807) is 12.5 Å². The molecule has 1 saturated heterocycles. The molecule has 2 aromatic rings. The van der Waals surface area contributed by atoms with Gasteiger partial charge in [0.2, 0.25) is 0 Å². The average molecular weight is 368 g/mol. The van der Waals surface area contributed by atoms with Crippen LogP contribution in [0.25, 0.3) is 0 Å². The first-order valence-electron chi connectivity index (χ1n) is 9.83. The Bertz CT molecular complexity index is 784. The lowest BCUT2D eigenvalue weighted by atomic mass is 9.92. The number of aromatic nitrogens is 4. The lowest BCUT2D eigenvalue weighted by Gasteiger charge is -2.39. The number of rotatable bonds is 4. The Morgan fingerprint density at radius 2 is 1.89 bits per heavy atom. The second-order valence-electron chi connectivity index (χ2n) is 8.65. The van der Waals surface area contributed by atoms with Crippen molar-refractivity contribution in [3.05, 3.63) is 36.0 Å². The lowest BCUT2D eigenvalue weighted by Crippen LogP contribution is -2.48. The van der Waals surface area contributed by atoms with E-state index >= 15 is 0 Å².